The van der Waals surface area contributed by atoms with Gasteiger partial charge >= 0.3 is 0 Å². The fourth-order valence-electron chi connectivity index (χ4n) is 1.87. The minimum atomic E-state index is -0.692. The Bertz CT molecular complexity index is 439. The summed E-state index contributed by atoms with van der Waals surface area (Å²) in [5, 5.41) is 2.56. The van der Waals surface area contributed by atoms with Crippen LogP contribution in [0.15, 0.2) is 30.3 Å². The second-order valence-electron chi connectivity index (χ2n) is 4.62. The van der Waals surface area contributed by atoms with Gasteiger partial charge in [0, 0.05) is 20.6 Å². The number of nitrogens with one attached hydrogen (secondary N) is 1. The fourth-order valence-corrected chi connectivity index (χ4v) is 1.87. The number of nitrogens with two attached hydrogens (primary N) is 1. The summed E-state index contributed by atoms with van der Waals surface area (Å²) in [6.07, 6.45) is 0. The van der Waals surface area contributed by atoms with Crippen LogP contribution in [0.2, 0.25) is 0 Å². The molecule has 3 N–H and O–H groups in total. The van der Waals surface area contributed by atoms with Crippen LogP contribution in [0.5, 0.6) is 0 Å². The lowest BCUT2D eigenvalue weighted by Crippen LogP contribution is -2.41. The van der Waals surface area contributed by atoms with E-state index < -0.39 is 6.04 Å². The number of rotatable bonds is 5. The minimum Gasteiger partial charge on any atom is -0.359 e. The first-order chi connectivity index (χ1) is 8.97. The fraction of sp³-hybridized carbons (Fsp3) is 0.429. The second-order valence-corrected chi connectivity index (χ2v) is 4.62. The third-order valence-corrected chi connectivity index (χ3v) is 3.04. The molecule has 1 rings (SSSR count). The van der Waals surface area contributed by atoms with Crippen molar-refractivity contribution in [3.05, 3.63) is 35.9 Å². The molecule has 0 saturated heterocycles. The maximum Gasteiger partial charge on any atom is 0.243 e. The third-order valence-electron chi connectivity index (χ3n) is 3.04. The van der Waals surface area contributed by atoms with Crippen molar-refractivity contribution in [1.82, 2.24) is 10.2 Å². The molecule has 0 aliphatic carbocycles. The Labute approximate surface area is 125 Å². The van der Waals surface area contributed by atoms with E-state index in [1.165, 1.54) is 4.90 Å². The lowest BCUT2D eigenvalue weighted by Gasteiger charge is -2.24. The van der Waals surface area contributed by atoms with Gasteiger partial charge in [0.25, 0.3) is 0 Å². The lowest BCUT2D eigenvalue weighted by molar-refractivity contribution is -0.133. The highest BCUT2D eigenvalue weighted by Gasteiger charge is 2.22. The first-order valence-electron chi connectivity index (χ1n) is 6.24. The van der Waals surface area contributed by atoms with Gasteiger partial charge in [-0.1, -0.05) is 37.3 Å². The number of nitrogens with zero attached hydrogens (tertiary/aromatic N) is 1. The molecule has 0 saturated carbocycles. The van der Waals surface area contributed by atoms with Gasteiger partial charge in [0.15, 0.2) is 0 Å². The van der Waals surface area contributed by atoms with E-state index in [0.29, 0.717) is 6.54 Å². The highest BCUT2D eigenvalue weighted by Crippen LogP contribution is 2.13. The molecule has 0 radical (unpaired) electrons. The van der Waals surface area contributed by atoms with Crippen LogP contribution in [0.25, 0.3) is 0 Å². The summed E-state index contributed by atoms with van der Waals surface area (Å²) in [6, 6.07) is 8.50. The van der Waals surface area contributed by atoms with Gasteiger partial charge in [0.1, 0.15) is 6.04 Å². The average molecular weight is 300 g/mol. The number of likely N-dealkylation sites (N-methyl/N-ethyl adjacent to an activating group) is 1. The number of halogens is 1. The van der Waals surface area contributed by atoms with E-state index in [9.17, 15) is 9.59 Å². The molecule has 20 heavy (non-hydrogen) atoms. The molecular weight excluding hydrogens is 278 g/mol. The largest absolute Gasteiger partial charge is 0.359 e. The van der Waals surface area contributed by atoms with Gasteiger partial charge in [-0.3, -0.25) is 9.59 Å². The maximum atomic E-state index is 12.2. The Kier molecular flexibility index (Phi) is 7.87. The maximum absolute atomic E-state index is 12.2. The van der Waals surface area contributed by atoms with Gasteiger partial charge in [-0.2, -0.15) is 0 Å². The van der Waals surface area contributed by atoms with Crippen molar-refractivity contribution < 1.29 is 9.59 Å². The van der Waals surface area contributed by atoms with Gasteiger partial charge in [0.2, 0.25) is 11.8 Å². The molecule has 0 spiro atoms. The number of amides is 2. The number of hydrogen-bond acceptors (Lipinski definition) is 3. The summed E-state index contributed by atoms with van der Waals surface area (Å²) in [5.41, 5.74) is 6.70. The van der Waals surface area contributed by atoms with Crippen LogP contribution >= 0.6 is 12.4 Å². The third kappa shape index (κ3) is 4.83. The summed E-state index contributed by atoms with van der Waals surface area (Å²) >= 11 is 0. The van der Waals surface area contributed by atoms with Gasteiger partial charge in [-0.05, 0) is 5.56 Å². The van der Waals surface area contributed by atoms with Crippen LogP contribution in [0.3, 0.4) is 0 Å². The average Bonchev–Trinajstić information content (AvgIpc) is 2.45. The van der Waals surface area contributed by atoms with E-state index in [4.69, 9.17) is 5.73 Å². The van der Waals surface area contributed by atoms with Crippen molar-refractivity contribution in [3.8, 4) is 0 Å². The van der Waals surface area contributed by atoms with Crippen LogP contribution in [0, 0.1) is 5.92 Å². The summed E-state index contributed by atoms with van der Waals surface area (Å²) in [4.78, 5) is 25.1. The quantitative estimate of drug-likeness (QED) is 0.850. The van der Waals surface area contributed by atoms with Gasteiger partial charge < -0.3 is 16.0 Å². The molecule has 0 aliphatic heterocycles. The highest BCUT2D eigenvalue weighted by atomic mass is 35.5. The lowest BCUT2D eigenvalue weighted by atomic mass is 10.1. The van der Waals surface area contributed by atoms with E-state index in [-0.39, 0.29) is 30.1 Å². The first kappa shape index (κ1) is 18.4. The zero-order chi connectivity index (χ0) is 14.4. The van der Waals surface area contributed by atoms with Crippen LogP contribution in [0.1, 0.15) is 18.5 Å². The highest BCUT2D eigenvalue weighted by molar-refractivity contribution is 5.85. The molecule has 6 heteroatoms. The summed E-state index contributed by atoms with van der Waals surface area (Å²) < 4.78 is 0. The Morgan fingerprint density at radius 1 is 1.30 bits per heavy atom. The molecule has 2 unspecified atom stereocenters. The van der Waals surface area contributed by atoms with Crippen LogP contribution in [-0.2, 0) is 9.59 Å². The number of carbonyl (C=O) groups excluding carboxylic acids is 2. The molecule has 0 fully saturated rings. The molecule has 0 bridgehead atoms. The Hall–Kier alpha value is -1.59. The molecule has 2 atom stereocenters. The van der Waals surface area contributed by atoms with Crippen molar-refractivity contribution >= 4 is 24.2 Å². The Morgan fingerprint density at radius 2 is 1.85 bits per heavy atom. The summed E-state index contributed by atoms with van der Waals surface area (Å²) in [7, 11) is 3.24. The summed E-state index contributed by atoms with van der Waals surface area (Å²) in [6.45, 7) is 2.12. The van der Waals surface area contributed by atoms with Crippen molar-refractivity contribution in [2.75, 3.05) is 20.6 Å². The predicted octanol–water partition coefficient (Wildman–Crippen LogP) is 0.949. The molecule has 2 amide bonds. The first-order valence-corrected chi connectivity index (χ1v) is 6.24. The standard InChI is InChI=1S/C14H21N3O2.ClH/c1-10(13(18)16-2)9-17(3)14(19)12(15)11-7-5-4-6-8-11;/h4-8,10,12H,9,15H2,1-3H3,(H,16,18);1H. The zero-order valence-electron chi connectivity index (χ0n) is 12.0. The molecule has 5 nitrogen and oxygen atoms in total. The SMILES string of the molecule is CNC(=O)C(C)CN(C)C(=O)C(N)c1ccccc1.Cl. The number of carbonyl (C=O) groups is 2. The van der Waals surface area contributed by atoms with Crippen molar-refractivity contribution in [2.24, 2.45) is 11.7 Å². The molecule has 0 aliphatic rings. The zero-order valence-corrected chi connectivity index (χ0v) is 12.8. The molecule has 0 aromatic heterocycles. The van der Waals surface area contributed by atoms with Gasteiger partial charge in [-0.25, -0.2) is 0 Å². The van der Waals surface area contributed by atoms with Crippen molar-refractivity contribution in [3.63, 3.8) is 0 Å². The summed E-state index contributed by atoms with van der Waals surface area (Å²) in [5.74, 6) is -0.545. The Morgan fingerprint density at radius 3 is 2.35 bits per heavy atom. The smallest absolute Gasteiger partial charge is 0.243 e. The molecule has 112 valence electrons. The van der Waals surface area contributed by atoms with Crippen molar-refractivity contribution in [2.45, 2.75) is 13.0 Å². The van der Waals surface area contributed by atoms with Crippen LogP contribution in [0.4, 0.5) is 0 Å². The van der Waals surface area contributed by atoms with E-state index in [0.717, 1.165) is 5.56 Å². The number of hydrogen-bond donors (Lipinski definition) is 2. The minimum absolute atomic E-state index is 0. The van der Waals surface area contributed by atoms with Crippen LogP contribution in [-0.4, -0.2) is 37.4 Å². The molecule has 1 aromatic carbocycles. The van der Waals surface area contributed by atoms with E-state index in [1.54, 1.807) is 21.0 Å². The second kappa shape index (κ2) is 8.55. The van der Waals surface area contributed by atoms with Gasteiger partial charge in [-0.15, -0.1) is 12.4 Å². The van der Waals surface area contributed by atoms with Crippen molar-refractivity contribution in [1.29, 1.82) is 0 Å². The van der Waals surface area contributed by atoms with Crippen LogP contribution < -0.4 is 11.1 Å². The van der Waals surface area contributed by atoms with E-state index in [1.807, 2.05) is 30.3 Å². The molecule has 1 aromatic rings. The van der Waals surface area contributed by atoms with E-state index >= 15 is 0 Å². The Balaban J connectivity index is 0.00000361. The topological polar surface area (TPSA) is 75.4 Å². The predicted molar refractivity (Wildman–Crippen MR) is 81.5 cm³/mol. The molecule has 0 heterocycles. The van der Waals surface area contributed by atoms with E-state index in [2.05, 4.69) is 5.32 Å². The number of benzene rings is 1. The monoisotopic (exact) mass is 299 g/mol. The normalized spacial score (nSPS) is 12.8. The molecular formula is C14H22ClN3O2. The van der Waals surface area contributed by atoms with Gasteiger partial charge in [0.05, 0.1) is 5.92 Å².